The number of carbonyl (C=O) groups excluding carboxylic acids is 1. The van der Waals surface area contributed by atoms with Crippen LogP contribution in [0.4, 0.5) is 0 Å². The molecule has 0 N–H and O–H groups in total. The molecule has 1 saturated carbocycles. The van der Waals surface area contributed by atoms with Crippen molar-refractivity contribution in [3.05, 3.63) is 29.8 Å². The summed E-state index contributed by atoms with van der Waals surface area (Å²) in [5, 5.41) is 0. The summed E-state index contributed by atoms with van der Waals surface area (Å²) in [7, 11) is 0. The largest absolute Gasteiger partial charge is 0.488 e. The van der Waals surface area contributed by atoms with Gasteiger partial charge in [-0.3, -0.25) is 0 Å². The number of benzene rings is 1. The fourth-order valence-corrected chi connectivity index (χ4v) is 2.63. The summed E-state index contributed by atoms with van der Waals surface area (Å²) in [6.45, 7) is 0. The summed E-state index contributed by atoms with van der Waals surface area (Å²) < 4.78 is 5.94. The molecule has 1 aliphatic heterocycles. The van der Waals surface area contributed by atoms with Crippen LogP contribution in [0.15, 0.2) is 29.3 Å². The Hall–Kier alpha value is -1.25. The average molecular weight is 247 g/mol. The highest BCUT2D eigenvalue weighted by Gasteiger charge is 2.47. The van der Waals surface area contributed by atoms with Crippen molar-refractivity contribution in [2.24, 2.45) is 4.99 Å². The van der Waals surface area contributed by atoms with Gasteiger partial charge >= 0.3 is 0 Å². The number of aliphatic imine (C=N–C) groups is 1. The van der Waals surface area contributed by atoms with Crippen LogP contribution < -0.4 is 4.74 Å². The summed E-state index contributed by atoms with van der Waals surface area (Å²) in [6, 6.07) is 7.91. The molecule has 1 aromatic carbocycles. The molecule has 2 fully saturated rings. The molecule has 4 heteroatoms. The zero-order valence-electron chi connectivity index (χ0n) is 9.39. The Balaban J connectivity index is 1.90. The van der Waals surface area contributed by atoms with E-state index in [4.69, 9.17) is 4.74 Å². The average Bonchev–Trinajstić information content (AvgIpc) is 3.06. The topological polar surface area (TPSA) is 38.7 Å². The maximum Gasteiger partial charge on any atom is 0.235 e. The number of isocyanates is 1. The quantitative estimate of drug-likeness (QED) is 0.606. The standard InChI is InChI=1S/C13H13NO2S/c15-9-14-13(5-6-13)11-3-1-2-4-12(11)16-10-7-17-8-10/h1-4,10H,5-8H2. The van der Waals surface area contributed by atoms with Crippen LogP contribution in [0.5, 0.6) is 5.75 Å². The molecule has 0 spiro atoms. The second-order valence-corrected chi connectivity index (χ2v) is 5.58. The van der Waals surface area contributed by atoms with E-state index in [0.29, 0.717) is 6.10 Å². The Labute approximate surface area is 104 Å². The summed E-state index contributed by atoms with van der Waals surface area (Å²) in [4.78, 5) is 14.5. The van der Waals surface area contributed by atoms with E-state index >= 15 is 0 Å². The third-order valence-electron chi connectivity index (χ3n) is 3.27. The zero-order chi connectivity index (χ0) is 11.7. The number of hydrogen-bond acceptors (Lipinski definition) is 4. The van der Waals surface area contributed by atoms with E-state index in [-0.39, 0.29) is 5.54 Å². The second-order valence-electron chi connectivity index (χ2n) is 4.51. The van der Waals surface area contributed by atoms with Crippen molar-refractivity contribution in [2.45, 2.75) is 24.5 Å². The van der Waals surface area contributed by atoms with Crippen molar-refractivity contribution in [1.29, 1.82) is 0 Å². The minimum absolute atomic E-state index is 0.317. The van der Waals surface area contributed by atoms with E-state index in [1.54, 1.807) is 6.08 Å². The summed E-state index contributed by atoms with van der Waals surface area (Å²) in [5.74, 6) is 2.99. The van der Waals surface area contributed by atoms with E-state index in [1.165, 1.54) is 0 Å². The number of rotatable bonds is 4. The number of thioether (sulfide) groups is 1. The van der Waals surface area contributed by atoms with Crippen molar-refractivity contribution in [3.63, 3.8) is 0 Å². The highest BCUT2D eigenvalue weighted by Crippen LogP contribution is 2.52. The van der Waals surface area contributed by atoms with E-state index in [2.05, 4.69) is 4.99 Å². The molecule has 0 aromatic heterocycles. The number of nitrogens with zero attached hydrogens (tertiary/aromatic N) is 1. The molecule has 3 rings (SSSR count). The van der Waals surface area contributed by atoms with Crippen molar-refractivity contribution in [1.82, 2.24) is 0 Å². The van der Waals surface area contributed by atoms with Gasteiger partial charge in [0.2, 0.25) is 6.08 Å². The van der Waals surface area contributed by atoms with Crippen LogP contribution in [-0.2, 0) is 10.3 Å². The smallest absolute Gasteiger partial charge is 0.235 e. The maximum absolute atomic E-state index is 10.5. The third-order valence-corrected chi connectivity index (χ3v) is 4.49. The fourth-order valence-electron chi connectivity index (χ4n) is 2.06. The second kappa shape index (κ2) is 4.21. The molecule has 0 atom stereocenters. The summed E-state index contributed by atoms with van der Waals surface area (Å²) in [5.41, 5.74) is 0.704. The molecule has 1 saturated heterocycles. The number of hydrogen-bond donors (Lipinski definition) is 0. The van der Waals surface area contributed by atoms with Crippen molar-refractivity contribution in [3.8, 4) is 5.75 Å². The molecule has 1 aromatic rings. The van der Waals surface area contributed by atoms with Gasteiger partial charge in [0.05, 0.1) is 0 Å². The lowest BCUT2D eigenvalue weighted by Crippen LogP contribution is -2.31. The lowest BCUT2D eigenvalue weighted by atomic mass is 10.0. The molecule has 3 nitrogen and oxygen atoms in total. The fraction of sp³-hybridized carbons (Fsp3) is 0.462. The molecule has 17 heavy (non-hydrogen) atoms. The van der Waals surface area contributed by atoms with Gasteiger partial charge in [-0.25, -0.2) is 4.79 Å². The lowest BCUT2D eigenvalue weighted by molar-refractivity contribution is 0.236. The van der Waals surface area contributed by atoms with Crippen LogP contribution in [-0.4, -0.2) is 23.7 Å². The summed E-state index contributed by atoms with van der Waals surface area (Å²) in [6.07, 6.45) is 3.85. The normalized spacial score (nSPS) is 21.2. The first-order valence-electron chi connectivity index (χ1n) is 5.77. The van der Waals surface area contributed by atoms with E-state index in [1.807, 2.05) is 36.0 Å². The van der Waals surface area contributed by atoms with Gasteiger partial charge in [-0.1, -0.05) is 18.2 Å². The lowest BCUT2D eigenvalue weighted by Gasteiger charge is -2.27. The zero-order valence-corrected chi connectivity index (χ0v) is 10.2. The third kappa shape index (κ3) is 1.99. The minimum Gasteiger partial charge on any atom is -0.488 e. The molecule has 1 aliphatic carbocycles. The number of ether oxygens (including phenoxy) is 1. The SMILES string of the molecule is O=C=NC1(c2ccccc2OC2CSC2)CC1. The van der Waals surface area contributed by atoms with Gasteiger partial charge in [0.15, 0.2) is 0 Å². The molecule has 0 radical (unpaired) electrons. The first-order valence-corrected chi connectivity index (χ1v) is 6.92. The van der Waals surface area contributed by atoms with Crippen LogP contribution >= 0.6 is 11.8 Å². The summed E-state index contributed by atoms with van der Waals surface area (Å²) >= 11 is 1.89. The van der Waals surface area contributed by atoms with Gasteiger partial charge in [-0.05, 0) is 18.9 Å². The van der Waals surface area contributed by atoms with Crippen molar-refractivity contribution >= 4 is 17.8 Å². The molecule has 1 heterocycles. The number of para-hydroxylation sites is 1. The Morgan fingerprint density at radius 3 is 2.71 bits per heavy atom. The Bertz CT molecular complexity index is 474. The van der Waals surface area contributed by atoms with Gasteiger partial charge in [0.25, 0.3) is 0 Å². The molecule has 0 bridgehead atoms. The van der Waals surface area contributed by atoms with E-state index in [9.17, 15) is 4.79 Å². The maximum atomic E-state index is 10.5. The molecule has 2 aliphatic rings. The van der Waals surface area contributed by atoms with Gasteiger partial charge in [-0.2, -0.15) is 16.8 Å². The molecular weight excluding hydrogens is 234 g/mol. The highest BCUT2D eigenvalue weighted by molar-refractivity contribution is 8.00. The van der Waals surface area contributed by atoms with Crippen LogP contribution in [0.2, 0.25) is 0 Å². The van der Waals surface area contributed by atoms with Crippen molar-refractivity contribution < 1.29 is 9.53 Å². The van der Waals surface area contributed by atoms with Crippen LogP contribution in [0.3, 0.4) is 0 Å². The first kappa shape index (κ1) is 10.9. The van der Waals surface area contributed by atoms with E-state index < -0.39 is 0 Å². The van der Waals surface area contributed by atoms with Crippen LogP contribution in [0.1, 0.15) is 18.4 Å². The van der Waals surface area contributed by atoms with Gasteiger partial charge < -0.3 is 4.74 Å². The van der Waals surface area contributed by atoms with Crippen LogP contribution in [0, 0.1) is 0 Å². The predicted molar refractivity (Wildman–Crippen MR) is 67.2 cm³/mol. The van der Waals surface area contributed by atoms with Crippen molar-refractivity contribution in [2.75, 3.05) is 11.5 Å². The molecule has 0 unspecified atom stereocenters. The molecule has 88 valence electrons. The van der Waals surface area contributed by atoms with E-state index in [0.717, 1.165) is 35.7 Å². The van der Waals surface area contributed by atoms with Gasteiger partial charge in [-0.15, -0.1) is 0 Å². The van der Waals surface area contributed by atoms with Crippen LogP contribution in [0.25, 0.3) is 0 Å². The molecular formula is C13H13NO2S. The Morgan fingerprint density at radius 2 is 2.12 bits per heavy atom. The Morgan fingerprint density at radius 1 is 1.35 bits per heavy atom. The first-order chi connectivity index (χ1) is 8.34. The minimum atomic E-state index is -0.338. The Kier molecular flexibility index (Phi) is 2.69. The highest BCUT2D eigenvalue weighted by atomic mass is 32.2. The van der Waals surface area contributed by atoms with Gasteiger partial charge in [0, 0.05) is 17.1 Å². The molecule has 0 amide bonds. The monoisotopic (exact) mass is 247 g/mol. The predicted octanol–water partition coefficient (Wildman–Crippen LogP) is 2.51. The van der Waals surface area contributed by atoms with Gasteiger partial charge in [0.1, 0.15) is 17.4 Å².